The van der Waals surface area contributed by atoms with E-state index in [0.29, 0.717) is 11.3 Å². The zero-order chi connectivity index (χ0) is 21.7. The molecular formula is C22H20N2O5S. The van der Waals surface area contributed by atoms with Gasteiger partial charge in [-0.15, -0.1) is 0 Å². The minimum Gasteiger partial charge on any atom is -0.444 e. The number of hydrogen-bond donors (Lipinski definition) is 2. The summed E-state index contributed by atoms with van der Waals surface area (Å²) in [5, 5.41) is 0. The molecule has 1 unspecified atom stereocenters. The molecule has 0 aromatic heterocycles. The number of benzene rings is 3. The largest absolute Gasteiger partial charge is 0.444 e. The summed E-state index contributed by atoms with van der Waals surface area (Å²) >= 11 is 0. The Kier molecular flexibility index (Phi) is 6.17. The summed E-state index contributed by atoms with van der Waals surface area (Å²) in [7, 11) is -3.82. The molecule has 0 aliphatic rings. The van der Waals surface area contributed by atoms with E-state index in [2.05, 4.69) is 4.72 Å². The van der Waals surface area contributed by atoms with Crippen molar-refractivity contribution < 1.29 is 22.7 Å². The minimum absolute atomic E-state index is 0.0193. The molecule has 154 valence electrons. The van der Waals surface area contributed by atoms with Gasteiger partial charge in [-0.3, -0.25) is 9.52 Å². The van der Waals surface area contributed by atoms with Crippen LogP contribution in [0.1, 0.15) is 27.6 Å². The average Bonchev–Trinajstić information content (AvgIpc) is 2.74. The lowest BCUT2D eigenvalue weighted by molar-refractivity contribution is -0.127. The van der Waals surface area contributed by atoms with Crippen LogP contribution in [0.3, 0.4) is 0 Å². The Hall–Kier alpha value is -3.65. The second-order valence-electron chi connectivity index (χ2n) is 6.59. The van der Waals surface area contributed by atoms with Gasteiger partial charge in [0, 0.05) is 11.3 Å². The highest BCUT2D eigenvalue weighted by molar-refractivity contribution is 7.92. The maximum Gasteiger partial charge on any atom is 0.339 e. The van der Waals surface area contributed by atoms with E-state index >= 15 is 0 Å². The Morgan fingerprint density at radius 1 is 0.900 bits per heavy atom. The summed E-state index contributed by atoms with van der Waals surface area (Å²) in [5.41, 5.74) is 7.32. The van der Waals surface area contributed by atoms with E-state index in [1.165, 1.54) is 24.3 Å². The number of primary amides is 1. The van der Waals surface area contributed by atoms with E-state index in [9.17, 15) is 18.0 Å². The number of aryl methyl sites for hydroxylation is 1. The SMILES string of the molecule is Cc1ccc(NS(=O)(=O)c2ccc(C(=O)OC(C(N)=O)c3ccccc3)cc2)cc1. The van der Waals surface area contributed by atoms with Crippen molar-refractivity contribution in [3.8, 4) is 0 Å². The molecule has 0 saturated heterocycles. The highest BCUT2D eigenvalue weighted by Crippen LogP contribution is 2.21. The van der Waals surface area contributed by atoms with Crippen molar-refractivity contribution in [2.24, 2.45) is 5.73 Å². The van der Waals surface area contributed by atoms with Crippen molar-refractivity contribution in [1.82, 2.24) is 0 Å². The van der Waals surface area contributed by atoms with Crippen LogP contribution in [-0.2, 0) is 19.6 Å². The maximum atomic E-state index is 12.5. The Morgan fingerprint density at radius 2 is 1.50 bits per heavy atom. The van der Waals surface area contributed by atoms with Crippen LogP contribution < -0.4 is 10.5 Å². The Labute approximate surface area is 174 Å². The number of carbonyl (C=O) groups excluding carboxylic acids is 2. The van der Waals surface area contributed by atoms with Crippen LogP contribution in [0.5, 0.6) is 0 Å². The van der Waals surface area contributed by atoms with E-state index < -0.39 is 28.0 Å². The quantitative estimate of drug-likeness (QED) is 0.565. The third kappa shape index (κ3) is 5.03. The van der Waals surface area contributed by atoms with Crippen LogP contribution in [0.15, 0.2) is 83.8 Å². The topological polar surface area (TPSA) is 116 Å². The average molecular weight is 424 g/mol. The predicted octanol–water partition coefficient (Wildman–Crippen LogP) is 3.18. The van der Waals surface area contributed by atoms with Crippen molar-refractivity contribution in [1.29, 1.82) is 0 Å². The number of esters is 1. The van der Waals surface area contributed by atoms with E-state index in [1.807, 2.05) is 6.92 Å². The molecule has 0 aliphatic heterocycles. The minimum atomic E-state index is -3.82. The first-order valence-corrected chi connectivity index (χ1v) is 10.5. The number of hydrogen-bond acceptors (Lipinski definition) is 5. The normalized spacial score (nSPS) is 12.0. The number of amides is 1. The van der Waals surface area contributed by atoms with Crippen molar-refractivity contribution in [2.45, 2.75) is 17.9 Å². The Bertz CT molecular complexity index is 1140. The first-order chi connectivity index (χ1) is 14.3. The molecule has 30 heavy (non-hydrogen) atoms. The van der Waals surface area contributed by atoms with Gasteiger partial charge in [0.25, 0.3) is 15.9 Å². The molecule has 1 amide bonds. The van der Waals surface area contributed by atoms with Crippen molar-refractivity contribution in [2.75, 3.05) is 4.72 Å². The van der Waals surface area contributed by atoms with E-state index in [-0.39, 0.29) is 10.5 Å². The molecule has 0 saturated carbocycles. The molecule has 0 bridgehead atoms. The fourth-order valence-electron chi connectivity index (χ4n) is 2.70. The van der Waals surface area contributed by atoms with Crippen LogP contribution >= 0.6 is 0 Å². The third-order valence-electron chi connectivity index (χ3n) is 4.29. The maximum absolute atomic E-state index is 12.5. The molecule has 0 radical (unpaired) electrons. The third-order valence-corrected chi connectivity index (χ3v) is 5.69. The smallest absolute Gasteiger partial charge is 0.339 e. The second kappa shape index (κ2) is 8.79. The lowest BCUT2D eigenvalue weighted by Gasteiger charge is -2.15. The van der Waals surface area contributed by atoms with Crippen molar-refractivity contribution >= 4 is 27.6 Å². The molecule has 0 heterocycles. The Balaban J connectivity index is 1.75. The van der Waals surface area contributed by atoms with Gasteiger partial charge in [-0.25, -0.2) is 13.2 Å². The van der Waals surface area contributed by atoms with Gasteiger partial charge in [0.05, 0.1) is 10.5 Å². The molecule has 1 atom stereocenters. The van der Waals surface area contributed by atoms with Crippen LogP contribution in [-0.4, -0.2) is 20.3 Å². The van der Waals surface area contributed by atoms with Crippen LogP contribution in [0.25, 0.3) is 0 Å². The standard InChI is InChI=1S/C22H20N2O5S/c1-15-7-11-18(12-8-15)24-30(27,28)19-13-9-17(10-14-19)22(26)29-20(21(23)25)16-5-3-2-4-6-16/h2-14,20,24H,1H3,(H2,23,25). The fraction of sp³-hybridized carbons (Fsp3) is 0.0909. The van der Waals surface area contributed by atoms with E-state index in [0.717, 1.165) is 5.56 Å². The summed E-state index contributed by atoms with van der Waals surface area (Å²) in [6.45, 7) is 1.90. The Morgan fingerprint density at radius 3 is 2.07 bits per heavy atom. The summed E-state index contributed by atoms with van der Waals surface area (Å²) in [4.78, 5) is 24.1. The van der Waals surface area contributed by atoms with Gasteiger partial charge >= 0.3 is 5.97 Å². The zero-order valence-corrected chi connectivity index (χ0v) is 16.9. The van der Waals surface area contributed by atoms with Crippen LogP contribution in [0.2, 0.25) is 0 Å². The van der Waals surface area contributed by atoms with Crippen molar-refractivity contribution in [3.63, 3.8) is 0 Å². The molecular weight excluding hydrogens is 404 g/mol. The first-order valence-electron chi connectivity index (χ1n) is 9.01. The van der Waals surface area contributed by atoms with Crippen LogP contribution in [0, 0.1) is 6.92 Å². The van der Waals surface area contributed by atoms with E-state index in [4.69, 9.17) is 10.5 Å². The lowest BCUT2D eigenvalue weighted by Crippen LogP contribution is -2.26. The van der Waals surface area contributed by atoms with Crippen molar-refractivity contribution in [3.05, 3.63) is 95.6 Å². The summed E-state index contributed by atoms with van der Waals surface area (Å²) in [6.07, 6.45) is -1.25. The van der Waals surface area contributed by atoms with Gasteiger partial charge in [0.2, 0.25) is 6.10 Å². The number of anilines is 1. The number of carbonyl (C=O) groups is 2. The zero-order valence-electron chi connectivity index (χ0n) is 16.1. The molecule has 3 aromatic rings. The molecule has 0 fully saturated rings. The fourth-order valence-corrected chi connectivity index (χ4v) is 3.76. The molecule has 0 spiro atoms. The van der Waals surface area contributed by atoms with Gasteiger partial charge < -0.3 is 10.5 Å². The summed E-state index contributed by atoms with van der Waals surface area (Å²) < 4.78 is 32.8. The lowest BCUT2D eigenvalue weighted by atomic mass is 10.1. The molecule has 3 N–H and O–H groups in total. The number of ether oxygens (including phenoxy) is 1. The number of rotatable bonds is 7. The summed E-state index contributed by atoms with van der Waals surface area (Å²) in [5.74, 6) is -1.60. The molecule has 3 aromatic carbocycles. The monoisotopic (exact) mass is 424 g/mol. The molecule has 7 nitrogen and oxygen atoms in total. The molecule has 8 heteroatoms. The summed E-state index contributed by atoms with van der Waals surface area (Å²) in [6, 6.07) is 20.5. The number of nitrogens with two attached hydrogens (primary N) is 1. The first kappa shape index (κ1) is 21.1. The highest BCUT2D eigenvalue weighted by Gasteiger charge is 2.23. The number of nitrogens with one attached hydrogen (secondary N) is 1. The van der Waals surface area contributed by atoms with Gasteiger partial charge in [-0.1, -0.05) is 48.0 Å². The van der Waals surface area contributed by atoms with Gasteiger partial charge in [0.1, 0.15) is 0 Å². The molecule has 0 aliphatic carbocycles. The van der Waals surface area contributed by atoms with E-state index in [1.54, 1.807) is 54.6 Å². The highest BCUT2D eigenvalue weighted by atomic mass is 32.2. The predicted molar refractivity (Wildman–Crippen MR) is 112 cm³/mol. The van der Waals surface area contributed by atoms with Crippen LogP contribution in [0.4, 0.5) is 5.69 Å². The van der Waals surface area contributed by atoms with Gasteiger partial charge in [-0.2, -0.15) is 0 Å². The molecule has 3 rings (SSSR count). The van der Waals surface area contributed by atoms with Gasteiger partial charge in [0.15, 0.2) is 0 Å². The van der Waals surface area contributed by atoms with Gasteiger partial charge in [-0.05, 0) is 43.3 Å². The second-order valence-corrected chi connectivity index (χ2v) is 8.28. The number of sulfonamides is 1.